The first-order chi connectivity index (χ1) is 8.50. The fourth-order valence-corrected chi connectivity index (χ4v) is 3.26. The summed E-state index contributed by atoms with van der Waals surface area (Å²) in [5.74, 6) is 0. The van der Waals surface area contributed by atoms with Crippen LogP contribution in [0.4, 0.5) is 0 Å². The SMILES string of the molecule is CC1(C)CCC(O)(c2cccc3ccncc23)C1. The summed E-state index contributed by atoms with van der Waals surface area (Å²) >= 11 is 0. The maximum Gasteiger partial charge on any atom is 0.0908 e. The Morgan fingerprint density at radius 3 is 2.72 bits per heavy atom. The zero-order chi connectivity index (χ0) is 12.8. The molecule has 18 heavy (non-hydrogen) atoms. The first-order valence-electron chi connectivity index (χ1n) is 6.56. The van der Waals surface area contributed by atoms with Crippen LogP contribution < -0.4 is 0 Å². The highest BCUT2D eigenvalue weighted by molar-refractivity contribution is 5.85. The van der Waals surface area contributed by atoms with E-state index in [-0.39, 0.29) is 5.41 Å². The van der Waals surface area contributed by atoms with Gasteiger partial charge in [0.2, 0.25) is 0 Å². The van der Waals surface area contributed by atoms with Crippen LogP contribution in [0.15, 0.2) is 36.7 Å². The van der Waals surface area contributed by atoms with Gasteiger partial charge in [-0.15, -0.1) is 0 Å². The maximum absolute atomic E-state index is 11.0. The van der Waals surface area contributed by atoms with Crippen molar-refractivity contribution in [3.63, 3.8) is 0 Å². The fourth-order valence-electron chi connectivity index (χ4n) is 3.26. The van der Waals surface area contributed by atoms with Crippen molar-refractivity contribution in [3.8, 4) is 0 Å². The summed E-state index contributed by atoms with van der Waals surface area (Å²) in [5.41, 5.74) is 0.573. The molecule has 0 radical (unpaired) electrons. The van der Waals surface area contributed by atoms with Gasteiger partial charge < -0.3 is 5.11 Å². The predicted octanol–water partition coefficient (Wildman–Crippen LogP) is 3.63. The molecule has 2 nitrogen and oxygen atoms in total. The Kier molecular flexibility index (Phi) is 2.46. The molecule has 1 fully saturated rings. The van der Waals surface area contributed by atoms with Gasteiger partial charge in [0.05, 0.1) is 5.60 Å². The van der Waals surface area contributed by atoms with Crippen LogP contribution in [0.2, 0.25) is 0 Å². The smallest absolute Gasteiger partial charge is 0.0908 e. The Balaban J connectivity index is 2.15. The maximum atomic E-state index is 11.0. The number of benzene rings is 1. The molecular weight excluding hydrogens is 222 g/mol. The topological polar surface area (TPSA) is 33.1 Å². The number of hydrogen-bond donors (Lipinski definition) is 1. The Morgan fingerprint density at radius 2 is 2.00 bits per heavy atom. The zero-order valence-electron chi connectivity index (χ0n) is 11.0. The van der Waals surface area contributed by atoms with Gasteiger partial charge in [-0.3, -0.25) is 4.98 Å². The largest absolute Gasteiger partial charge is 0.385 e. The first-order valence-corrected chi connectivity index (χ1v) is 6.56. The highest BCUT2D eigenvalue weighted by atomic mass is 16.3. The van der Waals surface area contributed by atoms with Crippen LogP contribution in [-0.2, 0) is 5.60 Å². The lowest BCUT2D eigenvalue weighted by Crippen LogP contribution is -2.23. The molecular formula is C16H19NO. The molecule has 1 saturated carbocycles. The van der Waals surface area contributed by atoms with E-state index in [1.54, 1.807) is 6.20 Å². The molecule has 0 bridgehead atoms. The molecule has 1 heterocycles. The average molecular weight is 241 g/mol. The van der Waals surface area contributed by atoms with Crippen LogP contribution >= 0.6 is 0 Å². The summed E-state index contributed by atoms with van der Waals surface area (Å²) in [6, 6.07) is 8.15. The number of fused-ring (bicyclic) bond motifs is 1. The average Bonchev–Trinajstić information content (AvgIpc) is 2.64. The van der Waals surface area contributed by atoms with Gasteiger partial charge >= 0.3 is 0 Å². The lowest BCUT2D eigenvalue weighted by molar-refractivity contribution is 0.0353. The molecule has 2 heteroatoms. The van der Waals surface area contributed by atoms with E-state index in [1.165, 1.54) is 0 Å². The van der Waals surface area contributed by atoms with Crippen LogP contribution in [0.3, 0.4) is 0 Å². The van der Waals surface area contributed by atoms with Gasteiger partial charge in [-0.25, -0.2) is 0 Å². The van der Waals surface area contributed by atoms with Gasteiger partial charge in [-0.2, -0.15) is 0 Å². The molecule has 0 aliphatic heterocycles. The van der Waals surface area contributed by atoms with E-state index in [1.807, 2.05) is 24.4 Å². The van der Waals surface area contributed by atoms with Crippen molar-refractivity contribution in [3.05, 3.63) is 42.2 Å². The van der Waals surface area contributed by atoms with Crippen LogP contribution in [0.5, 0.6) is 0 Å². The van der Waals surface area contributed by atoms with E-state index >= 15 is 0 Å². The first kappa shape index (κ1) is 11.7. The van der Waals surface area contributed by atoms with E-state index in [9.17, 15) is 5.11 Å². The van der Waals surface area contributed by atoms with Crippen molar-refractivity contribution in [2.24, 2.45) is 5.41 Å². The van der Waals surface area contributed by atoms with Gasteiger partial charge in [-0.05, 0) is 41.7 Å². The molecule has 0 spiro atoms. The van der Waals surface area contributed by atoms with E-state index < -0.39 is 5.60 Å². The van der Waals surface area contributed by atoms with Crippen LogP contribution in [0, 0.1) is 5.41 Å². The number of pyridine rings is 1. The third kappa shape index (κ3) is 1.81. The van der Waals surface area contributed by atoms with Crippen LogP contribution in [0.25, 0.3) is 10.8 Å². The molecule has 1 aliphatic rings. The lowest BCUT2D eigenvalue weighted by Gasteiger charge is -2.27. The molecule has 0 amide bonds. The van der Waals surface area contributed by atoms with Gasteiger partial charge in [0.25, 0.3) is 0 Å². The van der Waals surface area contributed by atoms with Gasteiger partial charge in [-0.1, -0.05) is 32.0 Å². The van der Waals surface area contributed by atoms with E-state index in [0.717, 1.165) is 35.6 Å². The third-order valence-electron chi connectivity index (χ3n) is 4.17. The molecule has 1 unspecified atom stereocenters. The number of aliphatic hydroxyl groups is 1. The molecule has 0 saturated heterocycles. The van der Waals surface area contributed by atoms with Gasteiger partial charge in [0, 0.05) is 17.8 Å². The number of hydrogen-bond acceptors (Lipinski definition) is 2. The second kappa shape index (κ2) is 3.79. The molecule has 1 atom stereocenters. The molecule has 1 aromatic carbocycles. The summed E-state index contributed by atoms with van der Waals surface area (Å²) in [6.45, 7) is 4.46. The Hall–Kier alpha value is -1.41. The molecule has 3 rings (SSSR count). The molecule has 94 valence electrons. The standard InChI is InChI=1S/C16H19NO/c1-15(2)7-8-16(18,11-15)14-5-3-4-12-6-9-17-10-13(12)14/h3-6,9-10,18H,7-8,11H2,1-2H3. The summed E-state index contributed by atoms with van der Waals surface area (Å²) in [4.78, 5) is 4.20. The quantitative estimate of drug-likeness (QED) is 0.827. The Labute approximate surface area is 108 Å². The fraction of sp³-hybridized carbons (Fsp3) is 0.438. The summed E-state index contributed by atoms with van der Waals surface area (Å²) in [5, 5.41) is 13.2. The Bertz CT molecular complexity index is 585. The highest BCUT2D eigenvalue weighted by Gasteiger charge is 2.43. The minimum Gasteiger partial charge on any atom is -0.385 e. The minimum atomic E-state index is -0.688. The predicted molar refractivity (Wildman–Crippen MR) is 73.3 cm³/mol. The summed E-state index contributed by atoms with van der Waals surface area (Å²) < 4.78 is 0. The van der Waals surface area contributed by atoms with Crippen molar-refractivity contribution in [2.45, 2.75) is 38.7 Å². The monoisotopic (exact) mass is 241 g/mol. The van der Waals surface area contributed by atoms with Crippen molar-refractivity contribution in [1.29, 1.82) is 0 Å². The second-order valence-electron chi connectivity index (χ2n) is 6.27. The number of aromatic nitrogens is 1. The number of nitrogens with zero attached hydrogens (tertiary/aromatic N) is 1. The highest BCUT2D eigenvalue weighted by Crippen LogP contribution is 2.50. The molecule has 1 aliphatic carbocycles. The number of rotatable bonds is 1. The van der Waals surface area contributed by atoms with Crippen molar-refractivity contribution in [1.82, 2.24) is 4.98 Å². The van der Waals surface area contributed by atoms with E-state index in [4.69, 9.17) is 0 Å². The van der Waals surface area contributed by atoms with Gasteiger partial charge in [0.1, 0.15) is 0 Å². The summed E-state index contributed by atoms with van der Waals surface area (Å²) in [7, 11) is 0. The molecule has 1 aromatic heterocycles. The van der Waals surface area contributed by atoms with Crippen LogP contribution in [-0.4, -0.2) is 10.1 Å². The van der Waals surface area contributed by atoms with Crippen LogP contribution in [0.1, 0.15) is 38.7 Å². The second-order valence-corrected chi connectivity index (χ2v) is 6.27. The minimum absolute atomic E-state index is 0.221. The van der Waals surface area contributed by atoms with Crippen molar-refractivity contribution >= 4 is 10.8 Å². The Morgan fingerprint density at radius 1 is 1.17 bits per heavy atom. The summed E-state index contributed by atoms with van der Waals surface area (Å²) in [6.07, 6.45) is 6.41. The normalized spacial score (nSPS) is 26.6. The van der Waals surface area contributed by atoms with E-state index in [2.05, 4.69) is 24.9 Å². The molecule has 2 aromatic rings. The van der Waals surface area contributed by atoms with E-state index in [0.29, 0.717) is 0 Å². The zero-order valence-corrected chi connectivity index (χ0v) is 11.0. The molecule has 1 N–H and O–H groups in total. The third-order valence-corrected chi connectivity index (χ3v) is 4.17. The van der Waals surface area contributed by atoms with Crippen molar-refractivity contribution in [2.75, 3.05) is 0 Å². The van der Waals surface area contributed by atoms with Crippen molar-refractivity contribution < 1.29 is 5.11 Å². The van der Waals surface area contributed by atoms with Gasteiger partial charge in [0.15, 0.2) is 0 Å². The lowest BCUT2D eigenvalue weighted by atomic mass is 9.84.